The Morgan fingerprint density at radius 1 is 1.10 bits per heavy atom. The minimum atomic E-state index is -3.62. The predicted molar refractivity (Wildman–Crippen MR) is 122 cm³/mol. The number of pyridine rings is 1. The number of hydrogen-bond acceptors (Lipinski definition) is 6. The number of halogens is 2. The number of nitrogens with two attached hydrogens (primary N) is 2. The third-order valence-corrected chi connectivity index (χ3v) is 4.91. The van der Waals surface area contributed by atoms with Crippen LogP contribution in [-0.2, 0) is 21.2 Å². The number of amides is 1. The molecule has 0 spiro atoms. The van der Waals surface area contributed by atoms with E-state index in [1.54, 1.807) is 36.5 Å². The Kier molecular flexibility index (Phi) is 9.04. The lowest BCUT2D eigenvalue weighted by Crippen LogP contribution is -2.24. The molecule has 9 nitrogen and oxygen atoms in total. The number of carbonyl (C=O) groups is 1. The van der Waals surface area contributed by atoms with Crippen LogP contribution in [0.2, 0.25) is 0 Å². The zero-order valence-corrected chi connectivity index (χ0v) is 18.7. The van der Waals surface area contributed by atoms with E-state index in [1.165, 1.54) is 12.1 Å². The van der Waals surface area contributed by atoms with Gasteiger partial charge in [0.15, 0.2) is 15.8 Å². The Bertz CT molecular complexity index is 1210. The van der Waals surface area contributed by atoms with Gasteiger partial charge in [-0.1, -0.05) is 12.1 Å². The highest BCUT2D eigenvalue weighted by molar-refractivity contribution is 7.90. The van der Waals surface area contributed by atoms with Gasteiger partial charge in [0, 0.05) is 17.8 Å². The first-order chi connectivity index (χ1) is 13.7. The molecule has 3 rings (SSSR count). The van der Waals surface area contributed by atoms with E-state index in [9.17, 15) is 13.2 Å². The van der Waals surface area contributed by atoms with Gasteiger partial charge in [0.25, 0.3) is 0 Å². The van der Waals surface area contributed by atoms with Crippen molar-refractivity contribution in [2.75, 3.05) is 6.26 Å². The Labute approximate surface area is 191 Å². The second-order valence-electron chi connectivity index (χ2n) is 6.10. The first-order valence-electron chi connectivity index (χ1n) is 8.34. The standard InChI is InChI=1S/C19H18N4O5S.2ClH/c1-29(25,26)17-9-12(11-27-19(24)23-18(20)21)4-7-16(17)28-14-5-6-15-13(10-14)3-2-8-22-15;;/h2-10H,11H2,1H3,(H4,20,21,23,24);2*1H. The van der Waals surface area contributed by atoms with Crippen LogP contribution in [0.15, 0.2) is 64.6 Å². The van der Waals surface area contributed by atoms with E-state index in [0.717, 1.165) is 17.2 Å². The van der Waals surface area contributed by atoms with Crippen LogP contribution in [0, 0.1) is 0 Å². The van der Waals surface area contributed by atoms with Gasteiger partial charge in [0.05, 0.1) is 5.52 Å². The van der Waals surface area contributed by atoms with Crippen molar-refractivity contribution in [1.29, 1.82) is 0 Å². The summed E-state index contributed by atoms with van der Waals surface area (Å²) < 4.78 is 35.2. The van der Waals surface area contributed by atoms with Crippen molar-refractivity contribution in [3.05, 3.63) is 60.3 Å². The maximum absolute atomic E-state index is 12.2. The largest absolute Gasteiger partial charge is 0.456 e. The highest BCUT2D eigenvalue weighted by Crippen LogP contribution is 2.31. The molecule has 1 aromatic heterocycles. The van der Waals surface area contributed by atoms with Crippen molar-refractivity contribution in [3.63, 3.8) is 0 Å². The van der Waals surface area contributed by atoms with E-state index < -0.39 is 21.9 Å². The van der Waals surface area contributed by atoms with E-state index >= 15 is 0 Å². The van der Waals surface area contributed by atoms with E-state index in [-0.39, 0.29) is 42.1 Å². The van der Waals surface area contributed by atoms with Crippen molar-refractivity contribution in [3.8, 4) is 11.5 Å². The Morgan fingerprint density at radius 3 is 2.52 bits per heavy atom. The van der Waals surface area contributed by atoms with E-state index in [1.807, 2.05) is 6.07 Å². The molecular formula is C19H20Cl2N4O5S. The van der Waals surface area contributed by atoms with Crippen LogP contribution in [0.5, 0.6) is 11.5 Å². The van der Waals surface area contributed by atoms with Gasteiger partial charge in [-0.05, 0) is 42.0 Å². The summed E-state index contributed by atoms with van der Waals surface area (Å²) in [4.78, 5) is 18.8. The minimum absolute atomic E-state index is 0. The molecule has 0 aliphatic carbocycles. The van der Waals surface area contributed by atoms with Gasteiger partial charge in [-0.2, -0.15) is 0 Å². The maximum Gasteiger partial charge on any atom is 0.437 e. The summed E-state index contributed by atoms with van der Waals surface area (Å²) in [6.07, 6.45) is 1.77. The number of rotatable bonds is 5. The SMILES string of the molecule is CS(=O)(=O)c1cc(COC(=O)N=C(N)N)ccc1Oc1ccc2ncccc2c1.Cl.Cl. The third-order valence-electron chi connectivity index (χ3n) is 3.79. The van der Waals surface area contributed by atoms with Crippen LogP contribution in [0.25, 0.3) is 10.9 Å². The molecular weight excluding hydrogens is 467 g/mol. The summed E-state index contributed by atoms with van der Waals surface area (Å²) >= 11 is 0. The van der Waals surface area contributed by atoms with Crippen molar-refractivity contribution < 1.29 is 22.7 Å². The highest BCUT2D eigenvalue weighted by Gasteiger charge is 2.17. The normalized spacial score (nSPS) is 10.4. The zero-order valence-electron chi connectivity index (χ0n) is 16.2. The molecule has 12 heteroatoms. The number of sulfone groups is 1. The van der Waals surface area contributed by atoms with Crippen LogP contribution >= 0.6 is 24.8 Å². The number of nitrogens with zero attached hydrogens (tertiary/aromatic N) is 2. The number of guanidine groups is 1. The molecule has 0 atom stereocenters. The van der Waals surface area contributed by atoms with Gasteiger partial charge in [-0.3, -0.25) is 4.98 Å². The van der Waals surface area contributed by atoms with Gasteiger partial charge >= 0.3 is 6.09 Å². The molecule has 3 aromatic rings. The number of carbonyl (C=O) groups excluding carboxylic acids is 1. The predicted octanol–water partition coefficient (Wildman–Crippen LogP) is 3.18. The highest BCUT2D eigenvalue weighted by atomic mass is 35.5. The molecule has 1 amide bonds. The lowest BCUT2D eigenvalue weighted by atomic mass is 10.2. The summed E-state index contributed by atoms with van der Waals surface area (Å²) in [6, 6.07) is 13.4. The molecule has 0 radical (unpaired) electrons. The molecule has 31 heavy (non-hydrogen) atoms. The topological polar surface area (TPSA) is 147 Å². The Morgan fingerprint density at radius 2 is 1.84 bits per heavy atom. The maximum atomic E-state index is 12.2. The quantitative estimate of drug-likeness (QED) is 0.412. The van der Waals surface area contributed by atoms with Crippen molar-refractivity contribution >= 4 is 57.6 Å². The average Bonchev–Trinajstić information content (AvgIpc) is 2.65. The van der Waals surface area contributed by atoms with Gasteiger partial charge in [-0.15, -0.1) is 29.8 Å². The van der Waals surface area contributed by atoms with Crippen molar-refractivity contribution in [2.45, 2.75) is 11.5 Å². The molecule has 0 fully saturated rings. The first-order valence-corrected chi connectivity index (χ1v) is 10.2. The fourth-order valence-corrected chi connectivity index (χ4v) is 3.38. The molecule has 0 saturated carbocycles. The summed E-state index contributed by atoms with van der Waals surface area (Å²) in [6.45, 7) is -0.208. The summed E-state index contributed by atoms with van der Waals surface area (Å²) in [7, 11) is -3.62. The van der Waals surface area contributed by atoms with Gasteiger partial charge < -0.3 is 20.9 Å². The zero-order chi connectivity index (χ0) is 21.0. The van der Waals surface area contributed by atoms with Gasteiger partial charge in [0.1, 0.15) is 23.0 Å². The molecule has 2 aromatic carbocycles. The van der Waals surface area contributed by atoms with E-state index in [2.05, 4.69) is 9.98 Å². The van der Waals surface area contributed by atoms with Crippen LogP contribution in [0.1, 0.15) is 5.56 Å². The molecule has 0 saturated heterocycles. The lowest BCUT2D eigenvalue weighted by molar-refractivity contribution is 0.150. The van der Waals surface area contributed by atoms with Crippen molar-refractivity contribution in [2.24, 2.45) is 16.5 Å². The average molecular weight is 487 g/mol. The third kappa shape index (κ3) is 6.99. The second-order valence-corrected chi connectivity index (χ2v) is 8.09. The van der Waals surface area contributed by atoms with Crippen LogP contribution in [0.3, 0.4) is 0 Å². The number of fused-ring (bicyclic) bond motifs is 1. The first kappa shape index (κ1) is 26.0. The monoisotopic (exact) mass is 486 g/mol. The van der Waals surface area contributed by atoms with Crippen molar-refractivity contribution in [1.82, 2.24) is 4.98 Å². The molecule has 166 valence electrons. The molecule has 0 aliphatic heterocycles. The molecule has 4 N–H and O–H groups in total. The number of ether oxygens (including phenoxy) is 2. The summed E-state index contributed by atoms with van der Waals surface area (Å²) in [5, 5.41) is 0.856. The Hall–Kier alpha value is -3.08. The summed E-state index contributed by atoms with van der Waals surface area (Å²) in [5.41, 5.74) is 11.4. The fourth-order valence-electron chi connectivity index (χ4n) is 2.54. The fraction of sp³-hybridized carbons (Fsp3) is 0.105. The minimum Gasteiger partial charge on any atom is -0.456 e. The van der Waals surface area contributed by atoms with Gasteiger partial charge in [0.2, 0.25) is 0 Å². The van der Waals surface area contributed by atoms with E-state index in [0.29, 0.717) is 11.3 Å². The van der Waals surface area contributed by atoms with Crippen LogP contribution < -0.4 is 16.2 Å². The molecule has 1 heterocycles. The second kappa shape index (κ2) is 10.8. The van der Waals surface area contributed by atoms with Crippen LogP contribution in [0.4, 0.5) is 4.79 Å². The lowest BCUT2D eigenvalue weighted by Gasteiger charge is -2.12. The Balaban J connectivity index is 0.00000240. The number of aromatic nitrogens is 1. The molecule has 0 bridgehead atoms. The molecule has 0 aliphatic rings. The number of aliphatic imine (C=N–C) groups is 1. The molecule has 0 unspecified atom stereocenters. The number of hydrogen-bond donors (Lipinski definition) is 2. The van der Waals surface area contributed by atoms with E-state index in [4.69, 9.17) is 20.9 Å². The number of benzene rings is 2. The smallest absolute Gasteiger partial charge is 0.437 e. The van der Waals surface area contributed by atoms with Gasteiger partial charge in [-0.25, -0.2) is 13.2 Å². The van der Waals surface area contributed by atoms with Crippen LogP contribution in [-0.4, -0.2) is 31.7 Å². The summed E-state index contributed by atoms with van der Waals surface area (Å²) in [5.74, 6) is 0.179.